The third-order valence-corrected chi connectivity index (χ3v) is 3.98. The zero-order chi connectivity index (χ0) is 14.1. The molecule has 1 unspecified atom stereocenters. The number of benzene rings is 1. The molecule has 1 aromatic rings. The number of imide groups is 1. The van der Waals surface area contributed by atoms with Crippen LogP contribution < -0.4 is 10.6 Å². The van der Waals surface area contributed by atoms with E-state index in [1.54, 1.807) is 0 Å². The van der Waals surface area contributed by atoms with Crippen LogP contribution in [-0.2, 0) is 27.2 Å². The first-order valence-electron chi connectivity index (χ1n) is 6.84. The smallest absolute Gasteiger partial charge is 0.249 e. The van der Waals surface area contributed by atoms with Crippen molar-refractivity contribution in [2.24, 2.45) is 5.92 Å². The summed E-state index contributed by atoms with van der Waals surface area (Å²) in [5.41, 5.74) is 2.41. The van der Waals surface area contributed by atoms with Gasteiger partial charge in [0.1, 0.15) is 6.04 Å². The first-order valence-corrected chi connectivity index (χ1v) is 6.84. The van der Waals surface area contributed by atoms with E-state index in [2.05, 4.69) is 10.6 Å². The van der Waals surface area contributed by atoms with Crippen LogP contribution in [0.15, 0.2) is 24.3 Å². The maximum Gasteiger partial charge on any atom is 0.249 e. The third-order valence-electron chi connectivity index (χ3n) is 3.98. The van der Waals surface area contributed by atoms with Crippen molar-refractivity contribution < 1.29 is 14.4 Å². The van der Waals surface area contributed by atoms with Gasteiger partial charge in [-0.15, -0.1) is 0 Å². The van der Waals surface area contributed by atoms with Gasteiger partial charge in [-0.05, 0) is 30.4 Å². The number of piperidine rings is 1. The van der Waals surface area contributed by atoms with E-state index in [1.165, 1.54) is 11.1 Å². The molecule has 2 N–H and O–H groups in total. The second-order valence-electron chi connectivity index (χ2n) is 5.39. The van der Waals surface area contributed by atoms with Crippen LogP contribution in [-0.4, -0.2) is 23.8 Å². The molecular weight excluding hydrogens is 256 g/mol. The van der Waals surface area contributed by atoms with E-state index in [9.17, 15) is 14.4 Å². The van der Waals surface area contributed by atoms with E-state index in [0.29, 0.717) is 6.42 Å². The van der Waals surface area contributed by atoms with Crippen LogP contribution in [0.5, 0.6) is 0 Å². The van der Waals surface area contributed by atoms with Crippen molar-refractivity contribution in [3.63, 3.8) is 0 Å². The Balaban J connectivity index is 1.61. The summed E-state index contributed by atoms with van der Waals surface area (Å²) in [6.45, 7) is 0. The lowest BCUT2D eigenvalue weighted by Gasteiger charge is -2.23. The highest BCUT2D eigenvalue weighted by atomic mass is 16.2. The van der Waals surface area contributed by atoms with E-state index in [0.717, 1.165) is 12.8 Å². The number of carbonyl (C=O) groups is 3. The average molecular weight is 272 g/mol. The molecule has 1 atom stereocenters. The van der Waals surface area contributed by atoms with Gasteiger partial charge in [-0.1, -0.05) is 24.3 Å². The Kier molecular flexibility index (Phi) is 3.26. The Bertz CT molecular complexity index is 557. The summed E-state index contributed by atoms with van der Waals surface area (Å²) in [4.78, 5) is 34.9. The van der Waals surface area contributed by atoms with Gasteiger partial charge in [-0.25, -0.2) is 0 Å². The number of amides is 3. The second-order valence-corrected chi connectivity index (χ2v) is 5.39. The Morgan fingerprint density at radius 3 is 2.40 bits per heavy atom. The lowest BCUT2D eigenvalue weighted by Crippen LogP contribution is -2.53. The lowest BCUT2D eigenvalue weighted by atomic mass is 10.0. The Morgan fingerprint density at radius 2 is 1.80 bits per heavy atom. The largest absolute Gasteiger partial charge is 0.344 e. The molecule has 0 bridgehead atoms. The molecule has 3 amide bonds. The van der Waals surface area contributed by atoms with Crippen LogP contribution in [0, 0.1) is 5.92 Å². The second kappa shape index (κ2) is 5.07. The number of fused-ring (bicyclic) bond motifs is 1. The predicted molar refractivity (Wildman–Crippen MR) is 71.7 cm³/mol. The van der Waals surface area contributed by atoms with Gasteiger partial charge in [0.2, 0.25) is 17.7 Å². The molecule has 0 saturated carbocycles. The van der Waals surface area contributed by atoms with Crippen LogP contribution in [0.4, 0.5) is 0 Å². The summed E-state index contributed by atoms with van der Waals surface area (Å²) >= 11 is 0. The van der Waals surface area contributed by atoms with Crippen molar-refractivity contribution in [1.29, 1.82) is 0 Å². The molecule has 104 valence electrons. The van der Waals surface area contributed by atoms with Crippen molar-refractivity contribution in [1.82, 2.24) is 10.6 Å². The summed E-state index contributed by atoms with van der Waals surface area (Å²) in [6.07, 6.45) is 2.10. The molecule has 0 spiro atoms. The molecule has 0 aromatic heterocycles. The van der Waals surface area contributed by atoms with Gasteiger partial charge in [-0.3, -0.25) is 19.7 Å². The highest BCUT2D eigenvalue weighted by molar-refractivity contribution is 6.01. The Labute approximate surface area is 116 Å². The summed E-state index contributed by atoms with van der Waals surface area (Å²) in [5, 5.41) is 5.01. The summed E-state index contributed by atoms with van der Waals surface area (Å²) in [6, 6.07) is 7.44. The minimum absolute atomic E-state index is 0.101. The zero-order valence-electron chi connectivity index (χ0n) is 11.0. The number of hydrogen-bond donors (Lipinski definition) is 2. The third kappa shape index (κ3) is 2.43. The fourth-order valence-electron chi connectivity index (χ4n) is 2.87. The predicted octanol–water partition coefficient (Wildman–Crippen LogP) is 0.323. The minimum Gasteiger partial charge on any atom is -0.344 e. The minimum atomic E-state index is -0.580. The molecule has 5 heteroatoms. The van der Waals surface area contributed by atoms with Gasteiger partial charge < -0.3 is 5.32 Å². The highest BCUT2D eigenvalue weighted by Crippen LogP contribution is 2.26. The van der Waals surface area contributed by atoms with Gasteiger partial charge in [0.25, 0.3) is 0 Å². The first-order chi connectivity index (χ1) is 9.63. The van der Waals surface area contributed by atoms with E-state index in [-0.39, 0.29) is 24.2 Å². The van der Waals surface area contributed by atoms with Gasteiger partial charge >= 0.3 is 0 Å². The molecule has 1 aromatic carbocycles. The molecule has 0 radical (unpaired) electrons. The van der Waals surface area contributed by atoms with Crippen molar-refractivity contribution in [3.8, 4) is 0 Å². The van der Waals surface area contributed by atoms with E-state index in [1.807, 2.05) is 24.3 Å². The molecule has 1 saturated heterocycles. The molecule has 20 heavy (non-hydrogen) atoms. The zero-order valence-corrected chi connectivity index (χ0v) is 11.0. The molecule has 1 heterocycles. The molecule has 1 aliphatic heterocycles. The first kappa shape index (κ1) is 12.8. The van der Waals surface area contributed by atoms with Crippen LogP contribution in [0.25, 0.3) is 0 Å². The van der Waals surface area contributed by atoms with Gasteiger partial charge in [-0.2, -0.15) is 0 Å². The van der Waals surface area contributed by atoms with Crippen LogP contribution in [0.2, 0.25) is 0 Å². The summed E-state index contributed by atoms with van der Waals surface area (Å²) in [7, 11) is 0. The molecule has 1 aliphatic carbocycles. The van der Waals surface area contributed by atoms with Crippen molar-refractivity contribution >= 4 is 17.7 Å². The van der Waals surface area contributed by atoms with E-state index < -0.39 is 11.9 Å². The fourth-order valence-corrected chi connectivity index (χ4v) is 2.87. The quantitative estimate of drug-likeness (QED) is 0.761. The average Bonchev–Trinajstić information content (AvgIpc) is 2.86. The van der Waals surface area contributed by atoms with Crippen molar-refractivity contribution in [3.05, 3.63) is 35.4 Å². The van der Waals surface area contributed by atoms with Crippen LogP contribution >= 0.6 is 0 Å². The van der Waals surface area contributed by atoms with E-state index in [4.69, 9.17) is 0 Å². The number of rotatable bonds is 2. The standard InChI is InChI=1S/C15H16N2O3/c18-13-6-5-12(15(20)17-13)16-14(19)11-7-9-3-1-2-4-10(9)8-11/h1-4,11-12H,5-8H2,(H,16,19)(H,17,18,20). The monoisotopic (exact) mass is 272 g/mol. The normalized spacial score (nSPS) is 22.3. The topological polar surface area (TPSA) is 75.3 Å². The molecule has 3 rings (SSSR count). The maximum atomic E-state index is 12.2. The van der Waals surface area contributed by atoms with Crippen LogP contribution in [0.3, 0.4) is 0 Å². The number of carbonyl (C=O) groups excluding carboxylic acids is 3. The summed E-state index contributed by atoms with van der Waals surface area (Å²) < 4.78 is 0. The Morgan fingerprint density at radius 1 is 1.15 bits per heavy atom. The molecule has 1 fully saturated rings. The Hall–Kier alpha value is -2.17. The molecular formula is C15H16N2O3. The molecule has 5 nitrogen and oxygen atoms in total. The SMILES string of the molecule is O=C1CCC(NC(=O)C2Cc3ccccc3C2)C(=O)N1. The van der Waals surface area contributed by atoms with Crippen LogP contribution in [0.1, 0.15) is 24.0 Å². The number of nitrogens with one attached hydrogen (secondary N) is 2. The van der Waals surface area contributed by atoms with Gasteiger partial charge in [0.15, 0.2) is 0 Å². The fraction of sp³-hybridized carbons (Fsp3) is 0.400. The van der Waals surface area contributed by atoms with Crippen molar-refractivity contribution in [2.45, 2.75) is 31.7 Å². The molecule has 2 aliphatic rings. The highest BCUT2D eigenvalue weighted by Gasteiger charge is 2.32. The lowest BCUT2D eigenvalue weighted by molar-refractivity contribution is -0.138. The summed E-state index contributed by atoms with van der Waals surface area (Å²) in [5.74, 6) is -0.882. The van der Waals surface area contributed by atoms with Gasteiger partial charge in [0.05, 0.1) is 0 Å². The maximum absolute atomic E-state index is 12.2. The number of hydrogen-bond acceptors (Lipinski definition) is 3. The van der Waals surface area contributed by atoms with E-state index >= 15 is 0 Å². The van der Waals surface area contributed by atoms with Gasteiger partial charge in [0, 0.05) is 12.3 Å². The van der Waals surface area contributed by atoms with Crippen molar-refractivity contribution in [2.75, 3.05) is 0 Å².